The van der Waals surface area contributed by atoms with Crippen LogP contribution in [0.3, 0.4) is 0 Å². The van der Waals surface area contributed by atoms with Crippen molar-refractivity contribution in [2.75, 3.05) is 4.43 Å². The first-order valence-corrected chi connectivity index (χ1v) is 8.00. The van der Waals surface area contributed by atoms with Gasteiger partial charge in [0.25, 0.3) is 0 Å². The van der Waals surface area contributed by atoms with Gasteiger partial charge in [-0.05, 0) is 13.3 Å². The van der Waals surface area contributed by atoms with Crippen molar-refractivity contribution in [3.8, 4) is 0 Å². The van der Waals surface area contributed by atoms with Crippen molar-refractivity contribution in [3.63, 3.8) is 0 Å². The van der Waals surface area contributed by atoms with E-state index in [2.05, 4.69) is 97.3 Å². The fourth-order valence-corrected chi connectivity index (χ4v) is 3.16. The van der Waals surface area contributed by atoms with E-state index < -0.39 is 0 Å². The molecule has 0 aliphatic heterocycles. The second-order valence-corrected chi connectivity index (χ2v) is 7.89. The van der Waals surface area contributed by atoms with Crippen LogP contribution in [-0.2, 0) is 0 Å². The molecule has 4 heteroatoms. The summed E-state index contributed by atoms with van der Waals surface area (Å²) < 4.78 is 4.38. The normalized spacial score (nSPS) is 17.4. The number of halogens is 4. The first-order valence-electron chi connectivity index (χ1n) is 2.91. The van der Waals surface area contributed by atoms with Gasteiger partial charge in [0.1, 0.15) is 0 Å². The van der Waals surface area contributed by atoms with Gasteiger partial charge < -0.3 is 0 Å². The van der Waals surface area contributed by atoms with Crippen LogP contribution in [0.25, 0.3) is 0 Å². The molecule has 0 nitrogen and oxygen atoms in total. The zero-order chi connectivity index (χ0) is 8.15. The number of rotatable bonds is 4. The van der Waals surface area contributed by atoms with Crippen LogP contribution in [0.4, 0.5) is 0 Å². The highest BCUT2D eigenvalue weighted by Crippen LogP contribution is 2.28. The molecule has 0 saturated carbocycles. The van der Waals surface area contributed by atoms with E-state index in [1.807, 2.05) is 0 Å². The van der Waals surface area contributed by atoms with Crippen LogP contribution in [-0.4, -0.2) is 12.3 Å². The molecule has 0 aromatic rings. The highest BCUT2D eigenvalue weighted by atomic mass is 127. The van der Waals surface area contributed by atoms with E-state index in [0.29, 0.717) is 0 Å². The molecule has 0 fully saturated rings. The molecule has 2 atom stereocenters. The van der Waals surface area contributed by atoms with E-state index in [9.17, 15) is 0 Å². The van der Waals surface area contributed by atoms with Gasteiger partial charge in [0.05, 0.1) is 0 Å². The Kier molecular flexibility index (Phi) is 9.48. The zero-order valence-corrected chi connectivity index (χ0v) is 14.2. The molecule has 0 rings (SSSR count). The van der Waals surface area contributed by atoms with E-state index in [1.165, 1.54) is 14.8 Å². The Morgan fingerprint density at radius 3 is 2.20 bits per heavy atom. The first kappa shape index (κ1) is 12.9. The Bertz CT molecular complexity index is 83.8. The first-order chi connectivity index (χ1) is 4.57. The van der Waals surface area contributed by atoms with Crippen LogP contribution < -0.4 is 0 Å². The highest BCUT2D eigenvalue weighted by Gasteiger charge is 2.14. The Labute approximate surface area is 118 Å². The lowest BCUT2D eigenvalue weighted by Gasteiger charge is -2.13. The zero-order valence-electron chi connectivity index (χ0n) is 5.58. The minimum Gasteiger partial charge on any atom is -0.0852 e. The Hall–Kier alpha value is 2.92. The highest BCUT2D eigenvalue weighted by molar-refractivity contribution is 14.1. The third kappa shape index (κ3) is 6.44. The maximum absolute atomic E-state index is 2.53. The average Bonchev–Trinajstić information content (AvgIpc) is 1.87. The summed E-state index contributed by atoms with van der Waals surface area (Å²) in [6.45, 7) is 2.20. The van der Waals surface area contributed by atoms with Crippen molar-refractivity contribution >= 4 is 90.4 Å². The maximum atomic E-state index is 2.53. The lowest BCUT2D eigenvalue weighted by Crippen LogP contribution is -2.10. The fourth-order valence-electron chi connectivity index (χ4n) is 0.450. The minimum atomic E-state index is 0.759. The Morgan fingerprint density at radius 1 is 1.40 bits per heavy atom. The predicted octanol–water partition coefficient (Wildman–Crippen LogP) is 4.41. The molecule has 2 unspecified atom stereocenters. The molecule has 0 amide bonds. The van der Waals surface area contributed by atoms with Crippen molar-refractivity contribution in [3.05, 3.63) is 3.92 Å². The summed E-state index contributed by atoms with van der Waals surface area (Å²) in [7, 11) is 0. The van der Waals surface area contributed by atoms with Crippen LogP contribution >= 0.6 is 90.4 Å². The number of hydrogen-bond donors (Lipinski definition) is 0. The van der Waals surface area contributed by atoms with Crippen LogP contribution in [0.15, 0.2) is 0 Å². The molecule has 0 aliphatic carbocycles. The van der Waals surface area contributed by atoms with Crippen molar-refractivity contribution in [2.24, 2.45) is 0 Å². The quantitative estimate of drug-likeness (QED) is 0.338. The second kappa shape index (κ2) is 7.34. The van der Waals surface area contributed by atoms with Gasteiger partial charge >= 0.3 is 0 Å². The molecule has 0 heterocycles. The van der Waals surface area contributed by atoms with E-state index in [1.54, 1.807) is 0 Å². The largest absolute Gasteiger partial charge is 0.0852 e. The van der Waals surface area contributed by atoms with Crippen molar-refractivity contribution in [1.82, 2.24) is 0 Å². The topological polar surface area (TPSA) is 0 Å². The number of hydrogen-bond acceptors (Lipinski definition) is 0. The third-order valence-electron chi connectivity index (χ3n) is 1.06. The van der Waals surface area contributed by atoms with Gasteiger partial charge in [-0.1, -0.05) is 90.4 Å². The van der Waals surface area contributed by atoms with E-state index in [-0.39, 0.29) is 0 Å². The molecule has 0 saturated heterocycles. The van der Waals surface area contributed by atoms with Crippen molar-refractivity contribution < 1.29 is 0 Å². The van der Waals surface area contributed by atoms with E-state index >= 15 is 0 Å². The molecule has 0 spiro atoms. The molecular formula is C6H9I4. The van der Waals surface area contributed by atoms with E-state index in [4.69, 9.17) is 0 Å². The van der Waals surface area contributed by atoms with Gasteiger partial charge in [0.2, 0.25) is 0 Å². The lowest BCUT2D eigenvalue weighted by atomic mass is 10.2. The van der Waals surface area contributed by atoms with Gasteiger partial charge in [-0.25, -0.2) is 0 Å². The summed E-state index contributed by atoms with van der Waals surface area (Å²) in [5.41, 5.74) is 0. The summed E-state index contributed by atoms with van der Waals surface area (Å²) in [5, 5.41) is 0. The molecule has 0 bridgehead atoms. The van der Waals surface area contributed by atoms with E-state index in [0.717, 1.165) is 7.85 Å². The second-order valence-electron chi connectivity index (χ2n) is 2.04. The van der Waals surface area contributed by atoms with Crippen molar-refractivity contribution in [2.45, 2.75) is 21.2 Å². The van der Waals surface area contributed by atoms with Crippen molar-refractivity contribution in [1.29, 1.82) is 0 Å². The standard InChI is InChI=1S/C6H9I4/c1-4(8)6(10)2-5(9)3-7/h5-6H,2-3H2,1H3. The SMILES string of the molecule is C[C](I)C(I)CC(I)CI. The Balaban J connectivity index is 3.46. The van der Waals surface area contributed by atoms with Crippen LogP contribution in [0.5, 0.6) is 0 Å². The maximum Gasteiger partial charge on any atom is 0.0464 e. The summed E-state index contributed by atoms with van der Waals surface area (Å²) in [6.07, 6.45) is 1.32. The third-order valence-corrected chi connectivity index (χ3v) is 8.15. The molecule has 0 aliphatic rings. The smallest absolute Gasteiger partial charge is 0.0464 e. The van der Waals surface area contributed by atoms with Crippen LogP contribution in [0, 0.1) is 3.92 Å². The monoisotopic (exact) mass is 589 g/mol. The number of alkyl halides is 3. The average molecular weight is 589 g/mol. The summed E-state index contributed by atoms with van der Waals surface area (Å²) in [6, 6.07) is 0. The minimum absolute atomic E-state index is 0.759. The predicted molar refractivity (Wildman–Crippen MR) is 82.1 cm³/mol. The summed E-state index contributed by atoms with van der Waals surface area (Å²) >= 11 is 9.91. The van der Waals surface area contributed by atoms with Gasteiger partial charge in [-0.3, -0.25) is 0 Å². The molecular weight excluding hydrogens is 580 g/mol. The van der Waals surface area contributed by atoms with Crippen LogP contribution in [0.2, 0.25) is 0 Å². The molecule has 0 aromatic carbocycles. The van der Waals surface area contributed by atoms with Gasteiger partial charge in [-0.15, -0.1) is 0 Å². The summed E-state index contributed by atoms with van der Waals surface area (Å²) in [5.74, 6) is 0. The molecule has 0 N–H and O–H groups in total. The Morgan fingerprint density at radius 2 is 1.90 bits per heavy atom. The van der Waals surface area contributed by atoms with Gasteiger partial charge in [0, 0.05) is 16.2 Å². The molecule has 61 valence electrons. The molecule has 1 radical (unpaired) electrons. The summed E-state index contributed by atoms with van der Waals surface area (Å²) in [4.78, 5) is 0. The lowest BCUT2D eigenvalue weighted by molar-refractivity contribution is 0.865. The van der Waals surface area contributed by atoms with Gasteiger partial charge in [0.15, 0.2) is 0 Å². The molecule has 10 heavy (non-hydrogen) atoms. The molecule has 0 aromatic heterocycles. The fraction of sp³-hybridized carbons (Fsp3) is 0.833. The van der Waals surface area contributed by atoms with Gasteiger partial charge in [-0.2, -0.15) is 0 Å². The van der Waals surface area contributed by atoms with Crippen LogP contribution in [0.1, 0.15) is 13.3 Å².